The molecule has 0 bridgehead atoms. The molecule has 278 valence electrons. The van der Waals surface area contributed by atoms with Crippen molar-refractivity contribution >= 4 is 104 Å². The normalized spacial score (nSPS) is 12.4. The number of hydrogen-bond donors (Lipinski definition) is 0. The van der Waals surface area contributed by atoms with Gasteiger partial charge in [-0.3, -0.25) is 9.20 Å². The highest BCUT2D eigenvalue weighted by Crippen LogP contribution is 2.44. The van der Waals surface area contributed by atoms with Gasteiger partial charge in [0.2, 0.25) is 0 Å². The van der Waals surface area contributed by atoms with Crippen molar-refractivity contribution in [2.24, 2.45) is 0 Å². The van der Waals surface area contributed by atoms with Crippen LogP contribution >= 0.6 is 0 Å². The monoisotopic (exact) mass is 766 g/mol. The summed E-state index contributed by atoms with van der Waals surface area (Å²) in [4.78, 5) is 14.4. The first kappa shape index (κ1) is 31.9. The van der Waals surface area contributed by atoms with Crippen LogP contribution in [0.15, 0.2) is 196 Å². The highest BCUT2D eigenvalue weighted by Gasteiger charge is 2.22. The lowest BCUT2D eigenvalue weighted by molar-refractivity contribution is 0.669. The first-order chi connectivity index (χ1) is 29.7. The van der Waals surface area contributed by atoms with Crippen molar-refractivity contribution in [3.8, 4) is 27.9 Å². The van der Waals surface area contributed by atoms with Crippen molar-refractivity contribution in [3.05, 3.63) is 192 Å². The van der Waals surface area contributed by atoms with Gasteiger partial charge in [0.05, 0.1) is 22.1 Å². The maximum absolute atomic E-state index is 14.4. The largest absolute Gasteiger partial charge is 0.456 e. The molecule has 14 aromatic rings. The number of fused-ring (bicyclic) bond motifs is 15. The summed E-state index contributed by atoms with van der Waals surface area (Å²) in [6.45, 7) is 0. The molecule has 0 saturated heterocycles. The fourth-order valence-corrected chi connectivity index (χ4v) is 10.2. The Kier molecular flexibility index (Phi) is 6.11. The molecule has 0 N–H and O–H groups in total. The summed E-state index contributed by atoms with van der Waals surface area (Å²) >= 11 is 0. The van der Waals surface area contributed by atoms with Crippen LogP contribution in [0.3, 0.4) is 0 Å². The van der Waals surface area contributed by atoms with Gasteiger partial charge in [-0.15, -0.1) is 0 Å². The fourth-order valence-electron chi connectivity index (χ4n) is 10.2. The number of pyridine rings is 1. The molecule has 0 saturated carbocycles. The molecule has 0 aliphatic heterocycles. The highest BCUT2D eigenvalue weighted by atomic mass is 16.3. The summed E-state index contributed by atoms with van der Waals surface area (Å²) in [5.74, 6) is 0. The van der Waals surface area contributed by atoms with Gasteiger partial charge in [-0.2, -0.15) is 0 Å². The Morgan fingerprint density at radius 1 is 0.367 bits per heavy atom. The second-order valence-electron chi connectivity index (χ2n) is 16.0. The molecular formula is C55H30N2O3. The third-order valence-corrected chi connectivity index (χ3v) is 12.9. The third kappa shape index (κ3) is 4.12. The summed E-state index contributed by atoms with van der Waals surface area (Å²) in [5.41, 5.74) is 12.8. The van der Waals surface area contributed by atoms with Crippen molar-refractivity contribution in [3.63, 3.8) is 0 Å². The Balaban J connectivity index is 1.00. The topological polar surface area (TPSA) is 52.7 Å². The van der Waals surface area contributed by atoms with E-state index in [1.54, 1.807) is 0 Å². The Bertz CT molecular complexity index is 4200. The van der Waals surface area contributed by atoms with E-state index in [0.29, 0.717) is 5.39 Å². The van der Waals surface area contributed by atoms with Gasteiger partial charge in [-0.05, 0) is 94.4 Å². The van der Waals surface area contributed by atoms with Crippen molar-refractivity contribution in [1.29, 1.82) is 0 Å². The molecule has 0 radical (unpaired) electrons. The van der Waals surface area contributed by atoms with Crippen LogP contribution in [-0.2, 0) is 0 Å². The lowest BCUT2D eigenvalue weighted by atomic mass is 9.97. The van der Waals surface area contributed by atoms with Gasteiger partial charge < -0.3 is 13.4 Å². The third-order valence-electron chi connectivity index (χ3n) is 12.9. The molecular weight excluding hydrogens is 737 g/mol. The molecule has 60 heavy (non-hydrogen) atoms. The van der Waals surface area contributed by atoms with E-state index in [1.807, 2.05) is 40.8 Å². The minimum atomic E-state index is -0.00324. The maximum atomic E-state index is 14.4. The zero-order valence-electron chi connectivity index (χ0n) is 31.9. The lowest BCUT2D eigenvalue weighted by Gasteiger charge is -2.09. The van der Waals surface area contributed by atoms with Gasteiger partial charge in [-0.25, -0.2) is 0 Å². The summed E-state index contributed by atoms with van der Waals surface area (Å²) in [6, 6.07) is 63.5. The first-order valence-electron chi connectivity index (χ1n) is 20.3. The van der Waals surface area contributed by atoms with E-state index >= 15 is 0 Å². The minimum Gasteiger partial charge on any atom is -0.456 e. The number of furan rings is 2. The van der Waals surface area contributed by atoms with Crippen LogP contribution < -0.4 is 5.56 Å². The molecule has 5 heterocycles. The molecule has 0 atom stereocenters. The van der Waals surface area contributed by atoms with Crippen LogP contribution in [0.5, 0.6) is 0 Å². The van der Waals surface area contributed by atoms with E-state index in [4.69, 9.17) is 8.83 Å². The number of nitrogens with zero attached hydrogens (tertiary/aromatic N) is 2. The summed E-state index contributed by atoms with van der Waals surface area (Å²) < 4.78 is 17.5. The average Bonchev–Trinajstić information content (AvgIpc) is 4.06. The number of benzene rings is 9. The van der Waals surface area contributed by atoms with Crippen molar-refractivity contribution in [1.82, 2.24) is 8.97 Å². The van der Waals surface area contributed by atoms with Crippen LogP contribution in [0.25, 0.3) is 132 Å². The molecule has 14 rings (SSSR count). The van der Waals surface area contributed by atoms with Gasteiger partial charge in [0, 0.05) is 59.5 Å². The smallest absolute Gasteiger partial charge is 0.263 e. The zero-order valence-corrected chi connectivity index (χ0v) is 31.9. The summed E-state index contributed by atoms with van der Waals surface area (Å²) in [7, 11) is 0. The minimum absolute atomic E-state index is 0.00324. The van der Waals surface area contributed by atoms with Crippen molar-refractivity contribution in [2.75, 3.05) is 0 Å². The average molecular weight is 767 g/mol. The highest BCUT2D eigenvalue weighted by molar-refractivity contribution is 6.23. The zero-order chi connectivity index (χ0) is 39.2. The first-order valence-corrected chi connectivity index (χ1v) is 20.3. The summed E-state index contributed by atoms with van der Waals surface area (Å²) in [5, 5.41) is 11.5. The van der Waals surface area contributed by atoms with E-state index in [-0.39, 0.29) is 5.56 Å². The Morgan fingerprint density at radius 2 is 1.05 bits per heavy atom. The standard InChI is InChI=1S/C55H30N2O3/c58-55-42-23-20-32(31-10-2-1-3-11-31)28-43(42)38-15-8-16-39-44-29-33(21-26-47(44)57(55)52(38)39)35-14-9-19-50-51(35)45-30-34(22-27-49(45)59-50)56-46-17-6-4-12-36(46)40-24-25-41-37-13-5-7-18-48(37)60-54(41)53(40)56/h1-30H. The van der Waals surface area contributed by atoms with Crippen LogP contribution in [0, 0.1) is 0 Å². The number of rotatable bonds is 3. The molecule has 5 nitrogen and oxygen atoms in total. The maximum Gasteiger partial charge on any atom is 0.263 e. The molecule has 0 spiro atoms. The number of hydrogen-bond acceptors (Lipinski definition) is 3. The molecule has 0 amide bonds. The second kappa shape index (κ2) is 11.5. The van der Waals surface area contributed by atoms with E-state index in [0.717, 1.165) is 121 Å². The molecule has 5 heteroatoms. The van der Waals surface area contributed by atoms with Gasteiger partial charge in [0.1, 0.15) is 16.7 Å². The molecule has 9 aromatic carbocycles. The molecule has 5 aromatic heterocycles. The van der Waals surface area contributed by atoms with Crippen LogP contribution in [0.4, 0.5) is 0 Å². The van der Waals surface area contributed by atoms with E-state index in [2.05, 4.69) is 150 Å². The predicted octanol–water partition coefficient (Wildman–Crippen LogP) is 14.4. The molecule has 0 unspecified atom stereocenters. The van der Waals surface area contributed by atoms with E-state index < -0.39 is 0 Å². The van der Waals surface area contributed by atoms with Gasteiger partial charge in [0.15, 0.2) is 5.58 Å². The van der Waals surface area contributed by atoms with Crippen molar-refractivity contribution in [2.45, 2.75) is 0 Å². The molecule has 0 aliphatic rings. The van der Waals surface area contributed by atoms with Gasteiger partial charge in [-0.1, -0.05) is 115 Å². The van der Waals surface area contributed by atoms with E-state index in [1.165, 1.54) is 5.39 Å². The van der Waals surface area contributed by atoms with Crippen molar-refractivity contribution < 1.29 is 8.83 Å². The van der Waals surface area contributed by atoms with Crippen LogP contribution in [0.1, 0.15) is 0 Å². The molecule has 0 aliphatic carbocycles. The Labute approximate surface area is 340 Å². The SMILES string of the molecule is O=c1c2ccc(-c3ccccc3)cc2c2cccc3c4cc(-c5cccc6oc7ccc(-n8c9ccccc9c9ccc%10c%11ccccc%11oc%10c98)cc7c56)ccc4n1c23. The quantitative estimate of drug-likeness (QED) is 0.168. The Morgan fingerprint density at radius 3 is 1.97 bits per heavy atom. The summed E-state index contributed by atoms with van der Waals surface area (Å²) in [6.07, 6.45) is 0. The number of para-hydroxylation sites is 3. The number of aromatic nitrogens is 2. The van der Waals surface area contributed by atoms with Gasteiger partial charge in [0.25, 0.3) is 5.56 Å². The fraction of sp³-hybridized carbons (Fsp3) is 0. The Hall–Kier alpha value is -8.15. The molecule has 0 fully saturated rings. The second-order valence-corrected chi connectivity index (χ2v) is 16.0. The predicted molar refractivity (Wildman–Crippen MR) is 247 cm³/mol. The van der Waals surface area contributed by atoms with E-state index in [9.17, 15) is 4.79 Å². The lowest BCUT2D eigenvalue weighted by Crippen LogP contribution is -2.12. The van der Waals surface area contributed by atoms with Crippen LogP contribution in [-0.4, -0.2) is 8.97 Å². The van der Waals surface area contributed by atoms with Crippen LogP contribution in [0.2, 0.25) is 0 Å². The van der Waals surface area contributed by atoms with Gasteiger partial charge >= 0.3 is 0 Å².